The predicted octanol–water partition coefficient (Wildman–Crippen LogP) is 2.90. The van der Waals surface area contributed by atoms with Gasteiger partial charge in [0.05, 0.1) is 36.9 Å². The molecule has 2 aliphatic rings. The number of fused-ring (bicyclic) bond motifs is 1. The van der Waals surface area contributed by atoms with Crippen LogP contribution < -0.4 is 10.7 Å². The zero-order chi connectivity index (χ0) is 26.1. The highest BCUT2D eigenvalue weighted by molar-refractivity contribution is 6.12. The van der Waals surface area contributed by atoms with E-state index in [0.717, 1.165) is 5.56 Å². The number of ketones is 1. The third kappa shape index (κ3) is 4.35. The summed E-state index contributed by atoms with van der Waals surface area (Å²) in [6.07, 6.45) is 1.65. The number of aryl methyl sites for hydroxylation is 1. The summed E-state index contributed by atoms with van der Waals surface area (Å²) >= 11 is 0. The topological polar surface area (TPSA) is 121 Å². The van der Waals surface area contributed by atoms with E-state index in [-0.39, 0.29) is 41.3 Å². The lowest BCUT2D eigenvalue weighted by molar-refractivity contribution is -0.151. The van der Waals surface area contributed by atoms with E-state index in [1.54, 1.807) is 26.0 Å². The Morgan fingerprint density at radius 3 is 2.58 bits per heavy atom. The molecule has 0 saturated heterocycles. The fourth-order valence-electron chi connectivity index (χ4n) is 5.02. The molecule has 2 aromatic rings. The van der Waals surface area contributed by atoms with Gasteiger partial charge in [-0.15, -0.1) is 0 Å². The highest BCUT2D eigenvalue weighted by Gasteiger charge is 2.48. The third-order valence-electron chi connectivity index (χ3n) is 6.75. The molecule has 0 saturated carbocycles. The van der Waals surface area contributed by atoms with Gasteiger partial charge >= 0.3 is 11.9 Å². The first-order valence-corrected chi connectivity index (χ1v) is 11.7. The van der Waals surface area contributed by atoms with E-state index < -0.39 is 29.6 Å². The van der Waals surface area contributed by atoms with Crippen LogP contribution in [0.2, 0.25) is 0 Å². The minimum Gasteiger partial charge on any atom is -0.468 e. The first-order chi connectivity index (χ1) is 17.2. The average molecular weight is 496 g/mol. The highest BCUT2D eigenvalue weighted by atomic mass is 16.6. The number of esters is 2. The lowest BCUT2D eigenvalue weighted by Gasteiger charge is -2.37. The number of carbonyl (C=O) groups is 3. The molecule has 0 amide bonds. The zero-order valence-electron chi connectivity index (χ0n) is 20.9. The molecule has 36 heavy (non-hydrogen) atoms. The Kier molecular flexibility index (Phi) is 7.12. The molecular weight excluding hydrogens is 466 g/mol. The number of allylic oxidation sites excluding steroid dienone is 3. The minimum atomic E-state index is -1.08. The van der Waals surface area contributed by atoms with Crippen LogP contribution in [0.4, 0.5) is 0 Å². The average Bonchev–Trinajstić information content (AvgIpc) is 2.83. The van der Waals surface area contributed by atoms with Gasteiger partial charge in [0.25, 0.3) is 0 Å². The molecule has 2 heterocycles. The van der Waals surface area contributed by atoms with Crippen LogP contribution in [0, 0.1) is 18.8 Å². The Hall–Kier alpha value is -3.72. The summed E-state index contributed by atoms with van der Waals surface area (Å²) in [7, 11) is 2.71. The summed E-state index contributed by atoms with van der Waals surface area (Å²) in [6.45, 7) is 5.51. The number of hydrogen-bond donors (Lipinski definition) is 1. The van der Waals surface area contributed by atoms with E-state index in [1.165, 1.54) is 20.5 Å². The van der Waals surface area contributed by atoms with Gasteiger partial charge in [-0.2, -0.15) is 0 Å². The van der Waals surface area contributed by atoms with Crippen LogP contribution in [-0.4, -0.2) is 45.2 Å². The van der Waals surface area contributed by atoms with Crippen LogP contribution in [0.3, 0.4) is 0 Å². The zero-order valence-corrected chi connectivity index (χ0v) is 20.9. The monoisotopic (exact) mass is 495 g/mol. The van der Waals surface area contributed by atoms with E-state index in [4.69, 9.17) is 18.6 Å². The van der Waals surface area contributed by atoms with Gasteiger partial charge in [0, 0.05) is 29.6 Å². The molecule has 1 aromatic carbocycles. The fraction of sp³-hybridized carbons (Fsp3) is 0.407. The highest BCUT2D eigenvalue weighted by Crippen LogP contribution is 2.45. The smallest absolute Gasteiger partial charge is 0.336 e. The second-order valence-electron chi connectivity index (χ2n) is 9.18. The van der Waals surface area contributed by atoms with Crippen molar-refractivity contribution >= 4 is 28.7 Å². The maximum absolute atomic E-state index is 13.8. The second-order valence-corrected chi connectivity index (χ2v) is 9.18. The standard InChI is InChI=1S/C27H29NO8/c1-13-6-7-19-16(10-13)24(29)17(12-36-19)22-21(27(32)35-9-8-33-4)15(3)28-18-11-14(2)20(26(31)34-5)25(30)23(18)22/h6-7,10,12,14,20,22,28H,8-9,11H2,1-5H3. The second kappa shape index (κ2) is 10.1. The number of dihydropyridines is 1. The first kappa shape index (κ1) is 25.4. The minimum absolute atomic E-state index is 0.00791. The van der Waals surface area contributed by atoms with Crippen molar-refractivity contribution in [2.75, 3.05) is 27.4 Å². The van der Waals surface area contributed by atoms with Crippen LogP contribution in [0.1, 0.15) is 37.3 Å². The van der Waals surface area contributed by atoms with E-state index in [0.29, 0.717) is 28.8 Å². The van der Waals surface area contributed by atoms with Gasteiger partial charge in [-0.05, 0) is 38.3 Å². The molecule has 0 radical (unpaired) electrons. The van der Waals surface area contributed by atoms with Gasteiger partial charge < -0.3 is 23.9 Å². The molecule has 1 aliphatic heterocycles. The fourth-order valence-corrected chi connectivity index (χ4v) is 5.02. The molecule has 1 aliphatic carbocycles. The van der Waals surface area contributed by atoms with Crippen LogP contribution in [0.25, 0.3) is 11.0 Å². The number of benzene rings is 1. The molecule has 0 fully saturated rings. The van der Waals surface area contributed by atoms with Gasteiger partial charge in [-0.3, -0.25) is 14.4 Å². The summed E-state index contributed by atoms with van der Waals surface area (Å²) in [6, 6.07) is 5.23. The summed E-state index contributed by atoms with van der Waals surface area (Å²) in [5.41, 5.74) is 2.30. The molecule has 1 N–H and O–H groups in total. The third-order valence-corrected chi connectivity index (χ3v) is 6.75. The van der Waals surface area contributed by atoms with Crippen molar-refractivity contribution in [2.24, 2.45) is 11.8 Å². The van der Waals surface area contributed by atoms with E-state index >= 15 is 0 Å². The number of Topliss-reactive ketones (excluding diaryl/α,β-unsaturated/α-hetero) is 1. The van der Waals surface area contributed by atoms with Crippen molar-refractivity contribution in [2.45, 2.75) is 33.1 Å². The van der Waals surface area contributed by atoms with Gasteiger partial charge in [-0.1, -0.05) is 18.6 Å². The molecule has 4 rings (SSSR count). The summed E-state index contributed by atoms with van der Waals surface area (Å²) in [4.78, 5) is 53.4. The summed E-state index contributed by atoms with van der Waals surface area (Å²) < 4.78 is 21.1. The molecule has 0 bridgehead atoms. The van der Waals surface area contributed by atoms with Gasteiger partial charge in [-0.25, -0.2) is 4.79 Å². The molecule has 3 atom stereocenters. The van der Waals surface area contributed by atoms with Gasteiger partial charge in [0.1, 0.15) is 18.1 Å². The van der Waals surface area contributed by atoms with E-state index in [2.05, 4.69) is 5.32 Å². The predicted molar refractivity (Wildman–Crippen MR) is 130 cm³/mol. The lowest BCUT2D eigenvalue weighted by Crippen LogP contribution is -2.44. The number of ether oxygens (including phenoxy) is 3. The Morgan fingerprint density at radius 1 is 1.14 bits per heavy atom. The molecule has 1 aromatic heterocycles. The Balaban J connectivity index is 1.93. The quantitative estimate of drug-likeness (QED) is 0.366. The van der Waals surface area contributed by atoms with E-state index in [9.17, 15) is 19.2 Å². The molecule has 190 valence electrons. The maximum Gasteiger partial charge on any atom is 0.336 e. The Labute approximate surface area is 208 Å². The van der Waals surface area contributed by atoms with Crippen LogP contribution >= 0.6 is 0 Å². The van der Waals surface area contributed by atoms with Gasteiger partial charge in [0.2, 0.25) is 0 Å². The van der Waals surface area contributed by atoms with Crippen molar-refractivity contribution in [3.8, 4) is 0 Å². The molecule has 3 unspecified atom stereocenters. The number of nitrogens with one attached hydrogen (secondary N) is 1. The molecular formula is C27H29NO8. The van der Waals surface area contributed by atoms with Crippen LogP contribution in [0.15, 0.2) is 56.2 Å². The molecule has 9 heteroatoms. The van der Waals surface area contributed by atoms with E-state index in [1.807, 2.05) is 13.0 Å². The van der Waals surface area contributed by atoms with Crippen molar-refractivity contribution in [1.29, 1.82) is 0 Å². The lowest BCUT2D eigenvalue weighted by atomic mass is 9.69. The largest absolute Gasteiger partial charge is 0.468 e. The van der Waals surface area contributed by atoms with Crippen molar-refractivity contribution in [3.63, 3.8) is 0 Å². The van der Waals surface area contributed by atoms with Crippen LogP contribution in [0.5, 0.6) is 0 Å². The van der Waals surface area contributed by atoms with Crippen LogP contribution in [-0.2, 0) is 28.6 Å². The molecule has 9 nitrogen and oxygen atoms in total. The normalized spacial score (nSPS) is 21.8. The Morgan fingerprint density at radius 2 is 1.89 bits per heavy atom. The molecule has 0 spiro atoms. The number of carbonyl (C=O) groups excluding carboxylic acids is 3. The van der Waals surface area contributed by atoms with Crippen molar-refractivity contribution in [1.82, 2.24) is 5.32 Å². The number of rotatable bonds is 6. The first-order valence-electron chi connectivity index (χ1n) is 11.7. The summed E-state index contributed by atoms with van der Waals surface area (Å²) in [5, 5.41) is 3.50. The SMILES string of the molecule is COCCOC(=O)C1=C(C)NC2=C(C(=O)C(C(=O)OC)C(C)C2)C1c1coc2ccc(C)cc2c1=O. The van der Waals surface area contributed by atoms with Crippen molar-refractivity contribution in [3.05, 3.63) is 68.4 Å². The Bertz CT molecular complexity index is 1370. The van der Waals surface area contributed by atoms with Crippen molar-refractivity contribution < 1.29 is 33.0 Å². The maximum atomic E-state index is 13.8. The number of methoxy groups -OCH3 is 2. The number of hydrogen-bond acceptors (Lipinski definition) is 9. The summed E-state index contributed by atoms with van der Waals surface area (Å²) in [5.74, 6) is -4.32. The van der Waals surface area contributed by atoms with Gasteiger partial charge in [0.15, 0.2) is 11.2 Å².